The summed E-state index contributed by atoms with van der Waals surface area (Å²) in [5, 5.41) is 10.9. The van der Waals surface area contributed by atoms with E-state index < -0.39 is 0 Å². The molecule has 1 fully saturated rings. The summed E-state index contributed by atoms with van der Waals surface area (Å²) < 4.78 is 8.66. The SMILES string of the molecule is COc1ncc(-c2ccc(C[C@@H](N)CC(=O)N3CCCC(c4c(C)c5c(I)cccc5n4CCCO)C3)cc2)cn1. The Morgan fingerprint density at radius 1 is 1.17 bits per heavy atom. The third-order valence-electron chi connectivity index (χ3n) is 8.07. The van der Waals surface area contributed by atoms with Gasteiger partial charge in [0, 0.05) is 82.7 Å². The molecule has 1 unspecified atom stereocenters. The first kappa shape index (κ1) is 29.5. The molecule has 41 heavy (non-hydrogen) atoms. The Hall–Kier alpha value is -3.02. The molecule has 4 aromatic rings. The Labute approximate surface area is 255 Å². The molecule has 2 atom stereocenters. The van der Waals surface area contributed by atoms with Gasteiger partial charge in [-0.3, -0.25) is 4.79 Å². The number of nitrogens with zero attached hydrogens (tertiary/aromatic N) is 4. The van der Waals surface area contributed by atoms with Gasteiger partial charge >= 0.3 is 6.01 Å². The van der Waals surface area contributed by atoms with Gasteiger partial charge in [-0.05, 0) is 84.0 Å². The Morgan fingerprint density at radius 2 is 1.93 bits per heavy atom. The second-order valence-electron chi connectivity index (χ2n) is 10.9. The van der Waals surface area contributed by atoms with Crippen LogP contribution in [0.3, 0.4) is 0 Å². The fourth-order valence-corrected chi connectivity index (χ4v) is 7.01. The van der Waals surface area contributed by atoms with E-state index >= 15 is 0 Å². The minimum atomic E-state index is -0.252. The number of piperidine rings is 1. The second kappa shape index (κ2) is 13.3. The van der Waals surface area contributed by atoms with Crippen LogP contribution in [0.2, 0.25) is 0 Å². The molecule has 2 aromatic heterocycles. The number of carbonyl (C=O) groups excluding carboxylic acids is 1. The van der Waals surface area contributed by atoms with Gasteiger partial charge in [0.1, 0.15) is 0 Å². The van der Waals surface area contributed by atoms with E-state index in [0.29, 0.717) is 31.8 Å². The lowest BCUT2D eigenvalue weighted by molar-refractivity contribution is -0.132. The predicted molar refractivity (Wildman–Crippen MR) is 170 cm³/mol. The maximum absolute atomic E-state index is 13.4. The third kappa shape index (κ3) is 6.57. The number of benzene rings is 2. The molecule has 0 saturated carbocycles. The fraction of sp³-hybridized carbons (Fsp3) is 0.406. The molecule has 0 radical (unpaired) electrons. The number of amides is 1. The molecular weight excluding hydrogens is 629 g/mol. The number of nitrogens with two attached hydrogens (primary N) is 1. The van der Waals surface area contributed by atoms with Crippen LogP contribution in [0.4, 0.5) is 0 Å². The monoisotopic (exact) mass is 667 g/mol. The maximum atomic E-state index is 13.4. The van der Waals surface area contributed by atoms with Crippen LogP contribution in [-0.2, 0) is 17.8 Å². The number of halogens is 1. The van der Waals surface area contributed by atoms with Crippen LogP contribution in [-0.4, -0.2) is 63.3 Å². The van der Waals surface area contributed by atoms with E-state index in [4.69, 9.17) is 10.5 Å². The van der Waals surface area contributed by atoms with E-state index in [1.54, 1.807) is 19.5 Å². The highest BCUT2D eigenvalue weighted by atomic mass is 127. The van der Waals surface area contributed by atoms with E-state index in [0.717, 1.165) is 42.6 Å². The number of aliphatic hydroxyl groups excluding tert-OH is 1. The first-order valence-electron chi connectivity index (χ1n) is 14.3. The number of ether oxygens (including phenoxy) is 1. The highest BCUT2D eigenvalue weighted by molar-refractivity contribution is 14.1. The summed E-state index contributed by atoms with van der Waals surface area (Å²) in [7, 11) is 1.55. The summed E-state index contributed by atoms with van der Waals surface area (Å²) in [6, 6.07) is 14.7. The van der Waals surface area contributed by atoms with Crippen LogP contribution in [0, 0.1) is 10.5 Å². The number of methoxy groups -OCH3 is 1. The van der Waals surface area contributed by atoms with E-state index in [2.05, 4.69) is 74.4 Å². The van der Waals surface area contributed by atoms with Gasteiger partial charge in [-0.25, -0.2) is 9.97 Å². The van der Waals surface area contributed by atoms with Gasteiger partial charge in [-0.2, -0.15) is 0 Å². The lowest BCUT2D eigenvalue weighted by atomic mass is 9.91. The molecular formula is C32H38IN5O3. The summed E-state index contributed by atoms with van der Waals surface area (Å²) in [4.78, 5) is 23.8. The van der Waals surface area contributed by atoms with Gasteiger partial charge in [0.25, 0.3) is 0 Å². The molecule has 1 amide bonds. The molecule has 5 rings (SSSR count). The predicted octanol–water partition coefficient (Wildman–Crippen LogP) is 5.07. The Morgan fingerprint density at radius 3 is 2.63 bits per heavy atom. The minimum Gasteiger partial charge on any atom is -0.467 e. The van der Waals surface area contributed by atoms with Crippen LogP contribution in [0.1, 0.15) is 48.4 Å². The number of hydrogen-bond acceptors (Lipinski definition) is 6. The van der Waals surface area contributed by atoms with Crippen molar-refractivity contribution >= 4 is 39.4 Å². The molecule has 8 nitrogen and oxygen atoms in total. The first-order chi connectivity index (χ1) is 19.9. The molecule has 0 spiro atoms. The van der Waals surface area contributed by atoms with Crippen LogP contribution in [0.5, 0.6) is 6.01 Å². The topological polar surface area (TPSA) is 106 Å². The molecule has 9 heteroatoms. The number of aryl methyl sites for hydroxylation is 2. The lowest BCUT2D eigenvalue weighted by Crippen LogP contribution is -2.42. The normalized spacial score (nSPS) is 16.2. The largest absolute Gasteiger partial charge is 0.467 e. The van der Waals surface area contributed by atoms with Crippen molar-refractivity contribution in [3.63, 3.8) is 0 Å². The number of carbonyl (C=O) groups is 1. The first-order valence-corrected chi connectivity index (χ1v) is 15.3. The standard InChI is InChI=1S/C32H38IN5O3/c1-21-30-27(33)7-3-8-28(30)38(14-5-15-39)31(21)24-6-4-13-37(20-24)29(40)17-26(34)16-22-9-11-23(12-10-22)25-18-35-32(41-2)36-19-25/h3,7-12,18-19,24,26,39H,4-6,13-17,20,34H2,1-2H3/t24?,26-/m1/s1. The van der Waals surface area contributed by atoms with Crippen LogP contribution in [0.15, 0.2) is 54.9 Å². The lowest BCUT2D eigenvalue weighted by Gasteiger charge is -2.34. The van der Waals surface area contributed by atoms with Gasteiger partial charge in [0.2, 0.25) is 5.91 Å². The van der Waals surface area contributed by atoms with Crippen molar-refractivity contribution in [2.24, 2.45) is 5.73 Å². The van der Waals surface area contributed by atoms with Crippen molar-refractivity contribution in [1.29, 1.82) is 0 Å². The summed E-state index contributed by atoms with van der Waals surface area (Å²) in [6.45, 7) is 4.62. The van der Waals surface area contributed by atoms with Crippen molar-refractivity contribution < 1.29 is 14.6 Å². The quantitative estimate of drug-likeness (QED) is 0.229. The van der Waals surface area contributed by atoms with E-state index in [1.807, 2.05) is 17.0 Å². The van der Waals surface area contributed by atoms with Crippen molar-refractivity contribution in [2.75, 3.05) is 26.8 Å². The Balaban J connectivity index is 1.24. The van der Waals surface area contributed by atoms with E-state index in [9.17, 15) is 9.90 Å². The minimum absolute atomic E-state index is 0.124. The molecule has 0 bridgehead atoms. The molecule has 1 aliphatic heterocycles. The van der Waals surface area contributed by atoms with Crippen molar-refractivity contribution in [2.45, 2.75) is 57.5 Å². The molecule has 1 aliphatic rings. The highest BCUT2D eigenvalue weighted by Crippen LogP contribution is 2.37. The zero-order valence-electron chi connectivity index (χ0n) is 23.7. The zero-order valence-corrected chi connectivity index (χ0v) is 25.9. The number of aliphatic hydroxyl groups is 1. The summed E-state index contributed by atoms with van der Waals surface area (Å²) in [5.41, 5.74) is 13.3. The number of likely N-dealkylation sites (tertiary alicyclic amines) is 1. The Bertz CT molecular complexity index is 1490. The Kier molecular flexibility index (Phi) is 9.57. The summed E-state index contributed by atoms with van der Waals surface area (Å²) in [5.74, 6) is 0.389. The van der Waals surface area contributed by atoms with Gasteiger partial charge in [-0.1, -0.05) is 30.3 Å². The molecule has 216 valence electrons. The zero-order chi connectivity index (χ0) is 28.9. The average molecular weight is 668 g/mol. The van der Waals surface area contributed by atoms with E-state index in [1.165, 1.54) is 25.7 Å². The van der Waals surface area contributed by atoms with Crippen molar-refractivity contribution in [3.8, 4) is 17.1 Å². The number of rotatable bonds is 10. The summed E-state index contributed by atoms with van der Waals surface area (Å²) >= 11 is 2.41. The third-order valence-corrected chi connectivity index (χ3v) is 8.96. The van der Waals surface area contributed by atoms with Gasteiger partial charge in [0.05, 0.1) is 7.11 Å². The number of aromatic nitrogens is 3. The van der Waals surface area contributed by atoms with Crippen molar-refractivity contribution in [3.05, 3.63) is 75.2 Å². The van der Waals surface area contributed by atoms with Gasteiger partial charge in [0.15, 0.2) is 0 Å². The van der Waals surface area contributed by atoms with Crippen LogP contribution in [0.25, 0.3) is 22.0 Å². The van der Waals surface area contributed by atoms with Crippen LogP contribution >= 0.6 is 22.6 Å². The molecule has 3 N–H and O–H groups in total. The van der Waals surface area contributed by atoms with Crippen molar-refractivity contribution in [1.82, 2.24) is 19.4 Å². The smallest absolute Gasteiger partial charge is 0.316 e. The number of fused-ring (bicyclic) bond motifs is 1. The maximum Gasteiger partial charge on any atom is 0.316 e. The van der Waals surface area contributed by atoms with Gasteiger partial charge in [-0.15, -0.1) is 0 Å². The highest BCUT2D eigenvalue weighted by Gasteiger charge is 2.30. The average Bonchev–Trinajstić information content (AvgIpc) is 3.28. The van der Waals surface area contributed by atoms with Gasteiger partial charge < -0.3 is 25.0 Å². The molecule has 0 aliphatic carbocycles. The molecule has 2 aromatic carbocycles. The number of hydrogen-bond donors (Lipinski definition) is 2. The second-order valence-corrected chi connectivity index (χ2v) is 12.0. The molecule has 3 heterocycles. The van der Waals surface area contributed by atoms with E-state index in [-0.39, 0.29) is 24.5 Å². The van der Waals surface area contributed by atoms with Crippen LogP contribution < -0.4 is 10.5 Å². The summed E-state index contributed by atoms with van der Waals surface area (Å²) in [6.07, 6.45) is 7.17. The molecule has 1 saturated heterocycles. The fourth-order valence-electron chi connectivity index (χ4n) is 6.12.